The predicted molar refractivity (Wildman–Crippen MR) is 103 cm³/mol. The lowest BCUT2D eigenvalue weighted by atomic mass is 9.71. The summed E-state index contributed by atoms with van der Waals surface area (Å²) in [6, 6.07) is -0.247. The lowest BCUT2D eigenvalue weighted by Gasteiger charge is -2.37. The molecule has 5 unspecified atom stereocenters. The summed E-state index contributed by atoms with van der Waals surface area (Å²) in [5.41, 5.74) is 5.34. The Morgan fingerprint density at radius 2 is 1.85 bits per heavy atom. The number of likely N-dealkylation sites (tertiary alicyclic amines) is 1. The van der Waals surface area contributed by atoms with E-state index >= 15 is 0 Å². The van der Waals surface area contributed by atoms with Gasteiger partial charge in [0.15, 0.2) is 0 Å². The Balaban J connectivity index is 0.00000210. The van der Waals surface area contributed by atoms with Gasteiger partial charge in [-0.3, -0.25) is 14.5 Å². The Morgan fingerprint density at radius 3 is 2.48 bits per heavy atom. The third-order valence-electron chi connectivity index (χ3n) is 7.00. The van der Waals surface area contributed by atoms with Crippen LogP contribution in [0.3, 0.4) is 0 Å². The smallest absolute Gasteiger partial charge is 0.325 e. The van der Waals surface area contributed by atoms with Crippen molar-refractivity contribution in [3.63, 3.8) is 0 Å². The van der Waals surface area contributed by atoms with Crippen LogP contribution in [-0.2, 0) is 9.59 Å². The number of rotatable bonds is 2. The van der Waals surface area contributed by atoms with E-state index < -0.39 is 11.6 Å². The molecule has 4 fully saturated rings. The second-order valence-electron chi connectivity index (χ2n) is 9.22. The van der Waals surface area contributed by atoms with Gasteiger partial charge in [0, 0.05) is 19.1 Å². The number of fused-ring (bicyclic) bond motifs is 1. The molecule has 4 aliphatic rings. The van der Waals surface area contributed by atoms with Gasteiger partial charge in [0.05, 0.1) is 0 Å². The molecule has 2 aliphatic carbocycles. The minimum atomic E-state index is -0.807. The molecule has 2 saturated heterocycles. The van der Waals surface area contributed by atoms with Crippen LogP contribution in [0.2, 0.25) is 0 Å². The molecule has 7 nitrogen and oxygen atoms in total. The first kappa shape index (κ1) is 20.4. The number of imide groups is 1. The highest BCUT2D eigenvalue weighted by atomic mass is 35.5. The molecule has 8 heteroatoms. The summed E-state index contributed by atoms with van der Waals surface area (Å²) in [4.78, 5) is 41.2. The molecule has 4 amide bonds. The maximum atomic E-state index is 13.0. The Bertz CT molecular complexity index is 632. The van der Waals surface area contributed by atoms with Crippen LogP contribution in [0.4, 0.5) is 4.79 Å². The average Bonchev–Trinajstić information content (AvgIpc) is 3.18. The molecule has 152 valence electrons. The van der Waals surface area contributed by atoms with Crippen LogP contribution in [0, 0.1) is 23.7 Å². The van der Waals surface area contributed by atoms with Gasteiger partial charge in [-0.2, -0.15) is 0 Å². The lowest BCUT2D eigenvalue weighted by Crippen LogP contribution is -2.52. The largest absolute Gasteiger partial charge is 0.341 e. The summed E-state index contributed by atoms with van der Waals surface area (Å²) < 4.78 is 0. The van der Waals surface area contributed by atoms with Crippen molar-refractivity contribution >= 4 is 30.3 Å². The lowest BCUT2D eigenvalue weighted by molar-refractivity contribution is -0.139. The number of nitrogens with zero attached hydrogens (tertiary/aromatic N) is 2. The molecule has 2 saturated carbocycles. The van der Waals surface area contributed by atoms with E-state index in [-0.39, 0.29) is 36.8 Å². The number of halogens is 1. The molecule has 2 aliphatic heterocycles. The van der Waals surface area contributed by atoms with Crippen LogP contribution in [0.25, 0.3) is 0 Å². The number of hydrogen-bond donors (Lipinski definition) is 2. The van der Waals surface area contributed by atoms with Crippen LogP contribution in [0.15, 0.2) is 0 Å². The summed E-state index contributed by atoms with van der Waals surface area (Å²) in [5, 5.41) is 2.92. The number of urea groups is 1. The maximum Gasteiger partial charge on any atom is 0.325 e. The molecule has 5 atom stereocenters. The molecule has 27 heavy (non-hydrogen) atoms. The van der Waals surface area contributed by atoms with Crippen LogP contribution in [0.1, 0.15) is 46.0 Å². The molecule has 2 heterocycles. The summed E-state index contributed by atoms with van der Waals surface area (Å²) in [6.45, 7) is 5.46. The fourth-order valence-electron chi connectivity index (χ4n) is 5.97. The van der Waals surface area contributed by atoms with E-state index in [0.717, 1.165) is 24.2 Å². The molecule has 0 radical (unpaired) electrons. The van der Waals surface area contributed by atoms with E-state index in [1.165, 1.54) is 0 Å². The molecule has 0 bridgehead atoms. The van der Waals surface area contributed by atoms with Gasteiger partial charge in [-0.1, -0.05) is 13.8 Å². The fraction of sp³-hybridized carbons (Fsp3) is 0.842. The van der Waals surface area contributed by atoms with Crippen molar-refractivity contribution in [2.75, 3.05) is 19.6 Å². The van der Waals surface area contributed by atoms with Crippen molar-refractivity contribution in [2.24, 2.45) is 29.4 Å². The highest BCUT2D eigenvalue weighted by molar-refractivity contribution is 6.09. The number of hydrogen-bond acceptors (Lipinski definition) is 4. The van der Waals surface area contributed by atoms with Crippen molar-refractivity contribution in [1.29, 1.82) is 0 Å². The fourth-order valence-corrected chi connectivity index (χ4v) is 5.97. The van der Waals surface area contributed by atoms with Crippen molar-refractivity contribution in [3.05, 3.63) is 0 Å². The third kappa shape index (κ3) is 3.44. The van der Waals surface area contributed by atoms with E-state index in [4.69, 9.17) is 5.73 Å². The van der Waals surface area contributed by atoms with Crippen molar-refractivity contribution in [2.45, 2.75) is 57.5 Å². The molecule has 1 spiro atoms. The zero-order valence-electron chi connectivity index (χ0n) is 16.1. The van der Waals surface area contributed by atoms with Gasteiger partial charge in [0.25, 0.3) is 5.91 Å². The number of carbonyl (C=O) groups is 3. The van der Waals surface area contributed by atoms with E-state index in [1.54, 1.807) is 4.90 Å². The summed E-state index contributed by atoms with van der Waals surface area (Å²) >= 11 is 0. The van der Waals surface area contributed by atoms with E-state index in [0.29, 0.717) is 49.6 Å². The average molecular weight is 399 g/mol. The van der Waals surface area contributed by atoms with E-state index in [9.17, 15) is 14.4 Å². The Kier molecular flexibility index (Phi) is 5.47. The molecular formula is C19H31ClN4O3. The third-order valence-corrected chi connectivity index (χ3v) is 7.00. The summed E-state index contributed by atoms with van der Waals surface area (Å²) in [5.74, 6) is 1.27. The van der Waals surface area contributed by atoms with Gasteiger partial charge in [-0.15, -0.1) is 12.4 Å². The van der Waals surface area contributed by atoms with Gasteiger partial charge >= 0.3 is 6.03 Å². The zero-order valence-corrected chi connectivity index (χ0v) is 17.0. The molecule has 0 aromatic heterocycles. The molecule has 3 N–H and O–H groups in total. The van der Waals surface area contributed by atoms with Gasteiger partial charge in [0.2, 0.25) is 5.91 Å². The Labute approximate surface area is 166 Å². The minimum Gasteiger partial charge on any atom is -0.341 e. The number of nitrogens with two attached hydrogens (primary N) is 1. The molecule has 0 aromatic carbocycles. The van der Waals surface area contributed by atoms with Gasteiger partial charge in [0.1, 0.15) is 12.1 Å². The van der Waals surface area contributed by atoms with E-state index in [2.05, 4.69) is 19.2 Å². The molecule has 0 aromatic rings. The van der Waals surface area contributed by atoms with Crippen molar-refractivity contribution in [1.82, 2.24) is 15.1 Å². The van der Waals surface area contributed by atoms with Gasteiger partial charge < -0.3 is 16.0 Å². The molecular weight excluding hydrogens is 368 g/mol. The van der Waals surface area contributed by atoms with Crippen LogP contribution >= 0.6 is 12.4 Å². The normalized spacial score (nSPS) is 40.9. The predicted octanol–water partition coefficient (Wildman–Crippen LogP) is 1.35. The monoisotopic (exact) mass is 398 g/mol. The van der Waals surface area contributed by atoms with Crippen LogP contribution < -0.4 is 11.1 Å². The van der Waals surface area contributed by atoms with Crippen molar-refractivity contribution in [3.8, 4) is 0 Å². The Morgan fingerprint density at radius 1 is 1.19 bits per heavy atom. The van der Waals surface area contributed by atoms with E-state index in [1.807, 2.05) is 0 Å². The standard InChI is InChI=1S/C19H30N4O3.ClH/c1-11-5-12(2)7-19(6-11)17(25)23(18(26)21-19)10-16(24)22-8-13-3-4-15(20)14(13)9-22;/h11-15H,3-10,20H2,1-2H3,(H,21,26);1H. The first-order chi connectivity index (χ1) is 12.3. The van der Waals surface area contributed by atoms with Gasteiger partial charge in [-0.25, -0.2) is 4.79 Å². The second kappa shape index (κ2) is 7.24. The topological polar surface area (TPSA) is 95.7 Å². The highest BCUT2D eigenvalue weighted by Gasteiger charge is 2.54. The maximum absolute atomic E-state index is 13.0. The van der Waals surface area contributed by atoms with Crippen molar-refractivity contribution < 1.29 is 14.4 Å². The number of amides is 4. The minimum absolute atomic E-state index is 0. The Hall–Kier alpha value is -1.34. The quantitative estimate of drug-likeness (QED) is 0.686. The highest BCUT2D eigenvalue weighted by Crippen LogP contribution is 2.40. The SMILES string of the molecule is CC1CC(C)CC2(C1)NC(=O)N(CC(=O)N1CC3CCC(N)C3C1)C2=O.Cl. The van der Waals surface area contributed by atoms with Crippen LogP contribution in [0.5, 0.6) is 0 Å². The van der Waals surface area contributed by atoms with Gasteiger partial charge in [-0.05, 0) is 55.8 Å². The number of carbonyl (C=O) groups excluding carboxylic acids is 3. The van der Waals surface area contributed by atoms with Crippen LogP contribution in [-0.4, -0.2) is 58.9 Å². The molecule has 4 rings (SSSR count). The second-order valence-corrected chi connectivity index (χ2v) is 9.22. The number of nitrogens with one attached hydrogen (secondary N) is 1. The zero-order chi connectivity index (χ0) is 18.6. The first-order valence-electron chi connectivity index (χ1n) is 9.96. The first-order valence-corrected chi connectivity index (χ1v) is 9.96. The summed E-state index contributed by atoms with van der Waals surface area (Å²) in [6.07, 6.45) is 4.49. The summed E-state index contributed by atoms with van der Waals surface area (Å²) in [7, 11) is 0.